The zero-order valence-corrected chi connectivity index (χ0v) is 4.70. The summed E-state index contributed by atoms with van der Waals surface area (Å²) in [6.07, 6.45) is 1.30. The van der Waals surface area contributed by atoms with Crippen LogP contribution in [0.4, 0.5) is 0 Å². The van der Waals surface area contributed by atoms with Crippen LogP contribution in [0.5, 0.6) is 11.6 Å². The van der Waals surface area contributed by atoms with Crippen molar-refractivity contribution in [2.75, 3.05) is 0 Å². The first-order valence-electron chi connectivity index (χ1n) is 2.40. The van der Waals surface area contributed by atoms with Crippen molar-refractivity contribution in [3.63, 3.8) is 0 Å². The summed E-state index contributed by atoms with van der Waals surface area (Å²) in [7, 11) is 0. The van der Waals surface area contributed by atoms with E-state index in [4.69, 9.17) is 10.2 Å². The fourth-order valence-corrected chi connectivity index (χ4v) is 0.462. The van der Waals surface area contributed by atoms with Crippen molar-refractivity contribution in [1.29, 1.82) is 0 Å². The molecule has 1 radical (unpaired) electrons. The monoisotopic (exact) mass is 124 g/mol. The second-order valence-electron chi connectivity index (χ2n) is 1.67. The van der Waals surface area contributed by atoms with Crippen LogP contribution in [0.25, 0.3) is 0 Å². The van der Waals surface area contributed by atoms with Gasteiger partial charge in [0.1, 0.15) is 5.75 Å². The summed E-state index contributed by atoms with van der Waals surface area (Å²) in [5, 5.41) is 17.5. The van der Waals surface area contributed by atoms with Crippen molar-refractivity contribution in [3.8, 4) is 11.6 Å². The highest BCUT2D eigenvalue weighted by atomic mass is 16.3. The molecule has 1 aromatic rings. The summed E-state index contributed by atoms with van der Waals surface area (Å²) in [6.45, 7) is 3.44. The summed E-state index contributed by atoms with van der Waals surface area (Å²) in [5.41, 5.74) is 0.410. The molecule has 0 aliphatic heterocycles. The lowest BCUT2D eigenvalue weighted by atomic mass is 10.3. The van der Waals surface area contributed by atoms with Crippen LogP contribution >= 0.6 is 0 Å². The van der Waals surface area contributed by atoms with Gasteiger partial charge >= 0.3 is 0 Å². The molecule has 1 aromatic heterocycles. The van der Waals surface area contributed by atoms with Gasteiger partial charge in [0.05, 0.1) is 0 Å². The van der Waals surface area contributed by atoms with Crippen molar-refractivity contribution in [2.45, 2.75) is 0 Å². The van der Waals surface area contributed by atoms with Gasteiger partial charge in [-0.2, -0.15) is 0 Å². The Kier molecular flexibility index (Phi) is 1.26. The topological polar surface area (TPSA) is 53.4 Å². The molecular formula is C6H6NO2. The smallest absolute Gasteiger partial charge is 0.214 e. The van der Waals surface area contributed by atoms with Gasteiger partial charge in [0.15, 0.2) is 0 Å². The Morgan fingerprint density at radius 2 is 2.11 bits per heavy atom. The summed E-state index contributed by atoms with van der Waals surface area (Å²) < 4.78 is 0. The van der Waals surface area contributed by atoms with E-state index in [1.165, 1.54) is 6.20 Å². The second kappa shape index (κ2) is 1.93. The van der Waals surface area contributed by atoms with Crippen LogP contribution in [0.3, 0.4) is 0 Å². The summed E-state index contributed by atoms with van der Waals surface area (Å²) in [6, 6.07) is 1.14. The minimum Gasteiger partial charge on any atom is -0.507 e. The molecule has 0 saturated carbocycles. The van der Waals surface area contributed by atoms with E-state index in [0.717, 1.165) is 6.07 Å². The zero-order chi connectivity index (χ0) is 6.85. The minimum absolute atomic E-state index is 0.0394. The number of aromatic hydroxyl groups is 2. The molecule has 0 unspecified atom stereocenters. The number of hydrogen-bond donors (Lipinski definition) is 2. The maximum Gasteiger partial charge on any atom is 0.214 e. The predicted octanol–water partition coefficient (Wildman–Crippen LogP) is 0.675. The molecule has 0 aliphatic carbocycles. The fraction of sp³-hybridized carbons (Fsp3) is 0. The SMILES string of the molecule is [CH2]c1cnc(O)cc1O. The quantitative estimate of drug-likeness (QED) is 0.534. The van der Waals surface area contributed by atoms with E-state index in [0.29, 0.717) is 5.56 Å². The number of rotatable bonds is 0. The maximum absolute atomic E-state index is 8.84. The Labute approximate surface area is 52.6 Å². The summed E-state index contributed by atoms with van der Waals surface area (Å²) in [4.78, 5) is 3.47. The normalized spacial score (nSPS) is 9.44. The highest BCUT2D eigenvalue weighted by Gasteiger charge is 1.95. The molecule has 0 spiro atoms. The molecule has 0 amide bonds. The molecule has 0 aliphatic rings. The maximum atomic E-state index is 8.84. The Bertz CT molecular complexity index is 222. The van der Waals surface area contributed by atoms with Gasteiger partial charge in [-0.15, -0.1) is 0 Å². The van der Waals surface area contributed by atoms with E-state index >= 15 is 0 Å². The summed E-state index contributed by atoms with van der Waals surface area (Å²) >= 11 is 0. The van der Waals surface area contributed by atoms with Crippen LogP contribution in [-0.4, -0.2) is 15.2 Å². The molecule has 1 heterocycles. The Morgan fingerprint density at radius 3 is 2.56 bits per heavy atom. The van der Waals surface area contributed by atoms with Gasteiger partial charge in [-0.3, -0.25) is 0 Å². The molecule has 0 saturated heterocycles. The average molecular weight is 124 g/mol. The van der Waals surface area contributed by atoms with E-state index in [-0.39, 0.29) is 11.6 Å². The third-order valence-corrected chi connectivity index (χ3v) is 0.947. The number of hydrogen-bond acceptors (Lipinski definition) is 3. The minimum atomic E-state index is -0.195. The molecule has 2 N–H and O–H groups in total. The van der Waals surface area contributed by atoms with Crippen LogP contribution in [0.15, 0.2) is 12.3 Å². The molecule has 0 fully saturated rings. The fourth-order valence-electron chi connectivity index (χ4n) is 0.462. The van der Waals surface area contributed by atoms with Gasteiger partial charge in [0.25, 0.3) is 0 Å². The Balaban J connectivity index is 3.17. The summed E-state index contributed by atoms with van der Waals surface area (Å²) in [5.74, 6) is -0.234. The first kappa shape index (κ1) is 5.88. The van der Waals surface area contributed by atoms with Gasteiger partial charge in [-0.25, -0.2) is 4.98 Å². The van der Waals surface area contributed by atoms with E-state index in [2.05, 4.69) is 11.9 Å². The standard InChI is InChI=1S/C6H6NO2/c1-4-3-7-6(9)2-5(4)8/h2-3H,1H2,(H2,7,8,9). The largest absolute Gasteiger partial charge is 0.507 e. The molecule has 3 nitrogen and oxygen atoms in total. The molecule has 0 bridgehead atoms. The average Bonchev–Trinajstić information content (AvgIpc) is 1.80. The Hall–Kier alpha value is -1.25. The van der Waals surface area contributed by atoms with E-state index in [1.54, 1.807) is 0 Å². The van der Waals surface area contributed by atoms with Crippen molar-refractivity contribution >= 4 is 0 Å². The van der Waals surface area contributed by atoms with Gasteiger partial charge in [-0.1, -0.05) is 0 Å². The predicted molar refractivity (Wildman–Crippen MR) is 32.0 cm³/mol. The van der Waals surface area contributed by atoms with Gasteiger partial charge < -0.3 is 10.2 Å². The van der Waals surface area contributed by atoms with E-state index in [1.807, 2.05) is 0 Å². The van der Waals surface area contributed by atoms with Crippen molar-refractivity contribution in [2.24, 2.45) is 0 Å². The lowest BCUT2D eigenvalue weighted by molar-refractivity contribution is 0.434. The van der Waals surface area contributed by atoms with Gasteiger partial charge in [0, 0.05) is 17.8 Å². The molecule has 0 aromatic carbocycles. The molecule has 1 rings (SSSR count). The number of nitrogens with zero attached hydrogens (tertiary/aromatic N) is 1. The third kappa shape index (κ3) is 1.10. The van der Waals surface area contributed by atoms with Crippen LogP contribution in [0, 0.1) is 6.92 Å². The molecule has 9 heavy (non-hydrogen) atoms. The second-order valence-corrected chi connectivity index (χ2v) is 1.67. The van der Waals surface area contributed by atoms with Crippen molar-refractivity contribution in [3.05, 3.63) is 24.8 Å². The van der Waals surface area contributed by atoms with Crippen LogP contribution in [-0.2, 0) is 0 Å². The number of pyridine rings is 1. The first-order valence-corrected chi connectivity index (χ1v) is 2.40. The zero-order valence-electron chi connectivity index (χ0n) is 4.70. The molecular weight excluding hydrogens is 118 g/mol. The lowest BCUT2D eigenvalue weighted by Crippen LogP contribution is -1.77. The Morgan fingerprint density at radius 1 is 1.44 bits per heavy atom. The number of aromatic nitrogens is 1. The van der Waals surface area contributed by atoms with E-state index in [9.17, 15) is 0 Å². The molecule has 47 valence electrons. The van der Waals surface area contributed by atoms with E-state index < -0.39 is 0 Å². The van der Waals surface area contributed by atoms with Gasteiger partial charge in [0.2, 0.25) is 5.88 Å². The molecule has 0 atom stereocenters. The molecule has 3 heteroatoms. The van der Waals surface area contributed by atoms with Crippen LogP contribution in [0.1, 0.15) is 5.56 Å². The highest BCUT2D eigenvalue weighted by molar-refractivity contribution is 5.35. The lowest BCUT2D eigenvalue weighted by Gasteiger charge is -1.95. The highest BCUT2D eigenvalue weighted by Crippen LogP contribution is 2.17. The van der Waals surface area contributed by atoms with Crippen molar-refractivity contribution in [1.82, 2.24) is 4.98 Å². The van der Waals surface area contributed by atoms with Crippen LogP contribution in [0.2, 0.25) is 0 Å². The third-order valence-electron chi connectivity index (χ3n) is 0.947. The first-order chi connectivity index (χ1) is 4.20. The van der Waals surface area contributed by atoms with Crippen molar-refractivity contribution < 1.29 is 10.2 Å². The van der Waals surface area contributed by atoms with Gasteiger partial charge in [-0.05, 0) is 6.92 Å². The van der Waals surface area contributed by atoms with Crippen LogP contribution < -0.4 is 0 Å².